The number of para-hydroxylation sites is 1. The maximum absolute atomic E-state index is 12.0. The molecule has 2 aromatic carbocycles. The van der Waals surface area contributed by atoms with Crippen molar-refractivity contribution >= 4 is 23.1 Å². The van der Waals surface area contributed by atoms with Crippen molar-refractivity contribution in [2.45, 2.75) is 13.8 Å². The fraction of sp³-hybridized carbons (Fsp3) is 0.188. The van der Waals surface area contributed by atoms with Crippen molar-refractivity contribution in [2.24, 2.45) is 0 Å². The molecule has 0 bridgehead atoms. The molecule has 0 unspecified atom stereocenters. The maximum atomic E-state index is 12.0. The number of rotatable bonds is 4. The summed E-state index contributed by atoms with van der Waals surface area (Å²) in [4.78, 5) is 12.0. The summed E-state index contributed by atoms with van der Waals surface area (Å²) in [6.45, 7) is 4.34. The van der Waals surface area contributed by atoms with Crippen LogP contribution < -0.4 is 5.32 Å². The summed E-state index contributed by atoms with van der Waals surface area (Å²) < 4.78 is 0. The van der Waals surface area contributed by atoms with Crippen molar-refractivity contribution in [2.75, 3.05) is 11.9 Å². The lowest BCUT2D eigenvalue weighted by Crippen LogP contribution is -2.15. The first kappa shape index (κ1) is 13.6. The zero-order valence-corrected chi connectivity index (χ0v) is 11.8. The Morgan fingerprint density at radius 1 is 1.05 bits per heavy atom. The third-order valence-electron chi connectivity index (χ3n) is 3.07. The van der Waals surface area contributed by atoms with E-state index in [4.69, 9.17) is 11.6 Å². The van der Waals surface area contributed by atoms with Gasteiger partial charge in [-0.25, -0.2) is 0 Å². The molecule has 2 rings (SSSR count). The number of carbonyl (C=O) groups excluding carboxylic acids is 1. The Kier molecular flexibility index (Phi) is 4.23. The van der Waals surface area contributed by atoms with E-state index < -0.39 is 0 Å². The predicted octanol–water partition coefficient (Wildman–Crippen LogP) is 4.25. The van der Waals surface area contributed by atoms with E-state index in [2.05, 4.69) is 5.32 Å². The van der Waals surface area contributed by atoms with E-state index in [0.29, 0.717) is 10.6 Å². The molecule has 0 radical (unpaired) electrons. The summed E-state index contributed by atoms with van der Waals surface area (Å²) in [7, 11) is 0. The Labute approximate surface area is 118 Å². The number of aryl methyl sites for hydroxylation is 2. The molecule has 0 heterocycles. The van der Waals surface area contributed by atoms with Gasteiger partial charge in [0.15, 0.2) is 5.78 Å². The summed E-state index contributed by atoms with van der Waals surface area (Å²) >= 11 is 5.80. The van der Waals surface area contributed by atoms with Crippen LogP contribution in [-0.2, 0) is 0 Å². The number of hydrogen-bond donors (Lipinski definition) is 1. The Balaban J connectivity index is 2.06. The Hall–Kier alpha value is -1.80. The summed E-state index contributed by atoms with van der Waals surface area (Å²) in [5.74, 6) is 0.0549. The van der Waals surface area contributed by atoms with Crippen LogP contribution >= 0.6 is 11.6 Å². The Bertz CT molecular complexity index is 570. The minimum Gasteiger partial charge on any atom is -0.377 e. The van der Waals surface area contributed by atoms with E-state index in [0.717, 1.165) is 16.8 Å². The molecule has 0 amide bonds. The summed E-state index contributed by atoms with van der Waals surface area (Å²) in [6.07, 6.45) is 0. The zero-order valence-electron chi connectivity index (χ0n) is 11.0. The molecular formula is C16H16ClNO. The number of hydrogen-bond acceptors (Lipinski definition) is 2. The molecule has 2 nitrogen and oxygen atoms in total. The van der Waals surface area contributed by atoms with Crippen LogP contribution in [0.15, 0.2) is 42.5 Å². The highest BCUT2D eigenvalue weighted by Crippen LogP contribution is 2.19. The van der Waals surface area contributed by atoms with Crippen LogP contribution in [0.25, 0.3) is 0 Å². The average Bonchev–Trinajstić information content (AvgIpc) is 2.38. The minimum absolute atomic E-state index is 0.0549. The van der Waals surface area contributed by atoms with Crippen molar-refractivity contribution < 1.29 is 4.79 Å². The van der Waals surface area contributed by atoms with Gasteiger partial charge in [-0.2, -0.15) is 0 Å². The second-order valence-corrected chi connectivity index (χ2v) is 4.99. The fourth-order valence-corrected chi connectivity index (χ4v) is 2.13. The van der Waals surface area contributed by atoms with Crippen molar-refractivity contribution in [3.05, 3.63) is 64.2 Å². The van der Waals surface area contributed by atoms with Crippen LogP contribution in [0.1, 0.15) is 21.5 Å². The molecule has 0 aliphatic heterocycles. The van der Waals surface area contributed by atoms with E-state index >= 15 is 0 Å². The lowest BCUT2D eigenvalue weighted by molar-refractivity contribution is 0.101. The number of ketones is 1. The number of anilines is 1. The normalized spacial score (nSPS) is 10.3. The highest BCUT2D eigenvalue weighted by Gasteiger charge is 2.07. The van der Waals surface area contributed by atoms with Crippen molar-refractivity contribution in [1.82, 2.24) is 0 Å². The SMILES string of the molecule is Cc1cccc(C)c1NCC(=O)c1ccc(Cl)cc1. The molecule has 0 spiro atoms. The van der Waals surface area contributed by atoms with Gasteiger partial charge >= 0.3 is 0 Å². The molecule has 3 heteroatoms. The monoisotopic (exact) mass is 273 g/mol. The molecule has 0 aliphatic rings. The van der Waals surface area contributed by atoms with Gasteiger partial charge in [0, 0.05) is 16.3 Å². The number of Topliss-reactive ketones (excluding diaryl/α,β-unsaturated/α-hetero) is 1. The molecule has 0 aliphatic carbocycles. The third-order valence-corrected chi connectivity index (χ3v) is 3.33. The lowest BCUT2D eigenvalue weighted by atomic mass is 10.1. The molecule has 0 aromatic heterocycles. The smallest absolute Gasteiger partial charge is 0.181 e. The van der Waals surface area contributed by atoms with E-state index in [1.807, 2.05) is 32.0 Å². The number of carbonyl (C=O) groups is 1. The molecule has 19 heavy (non-hydrogen) atoms. The van der Waals surface area contributed by atoms with Crippen LogP contribution in [0.3, 0.4) is 0 Å². The molecular weight excluding hydrogens is 258 g/mol. The predicted molar refractivity (Wildman–Crippen MR) is 80.2 cm³/mol. The van der Waals surface area contributed by atoms with Crippen molar-refractivity contribution in [3.8, 4) is 0 Å². The summed E-state index contributed by atoms with van der Waals surface area (Å²) in [6, 6.07) is 13.0. The van der Waals surface area contributed by atoms with Gasteiger partial charge in [-0.15, -0.1) is 0 Å². The fourth-order valence-electron chi connectivity index (χ4n) is 2.00. The molecule has 0 atom stereocenters. The van der Waals surface area contributed by atoms with Crippen LogP contribution in [0.2, 0.25) is 5.02 Å². The van der Waals surface area contributed by atoms with Crippen LogP contribution in [0, 0.1) is 13.8 Å². The first-order chi connectivity index (χ1) is 9.08. The molecule has 1 N–H and O–H groups in total. The molecule has 0 saturated heterocycles. The third kappa shape index (κ3) is 3.36. The van der Waals surface area contributed by atoms with Gasteiger partial charge in [0.05, 0.1) is 6.54 Å². The second-order valence-electron chi connectivity index (χ2n) is 4.55. The summed E-state index contributed by atoms with van der Waals surface area (Å²) in [5, 5.41) is 3.85. The van der Waals surface area contributed by atoms with E-state index in [1.54, 1.807) is 24.3 Å². The zero-order chi connectivity index (χ0) is 13.8. The van der Waals surface area contributed by atoms with Crippen LogP contribution in [0.5, 0.6) is 0 Å². The van der Waals surface area contributed by atoms with Gasteiger partial charge in [-0.05, 0) is 49.2 Å². The lowest BCUT2D eigenvalue weighted by Gasteiger charge is -2.12. The van der Waals surface area contributed by atoms with Gasteiger partial charge in [0.1, 0.15) is 0 Å². The second kappa shape index (κ2) is 5.89. The highest BCUT2D eigenvalue weighted by molar-refractivity contribution is 6.30. The largest absolute Gasteiger partial charge is 0.377 e. The first-order valence-electron chi connectivity index (χ1n) is 6.17. The number of benzene rings is 2. The molecule has 2 aromatic rings. The van der Waals surface area contributed by atoms with Gasteiger partial charge in [-0.3, -0.25) is 4.79 Å². The van der Waals surface area contributed by atoms with Gasteiger partial charge in [0.25, 0.3) is 0 Å². The quantitative estimate of drug-likeness (QED) is 0.844. The van der Waals surface area contributed by atoms with E-state index in [-0.39, 0.29) is 12.3 Å². The molecule has 0 fully saturated rings. The van der Waals surface area contributed by atoms with E-state index in [9.17, 15) is 4.79 Å². The van der Waals surface area contributed by atoms with Gasteiger partial charge in [-0.1, -0.05) is 29.8 Å². The van der Waals surface area contributed by atoms with Gasteiger partial charge < -0.3 is 5.32 Å². The standard InChI is InChI=1S/C16H16ClNO/c1-11-4-3-5-12(2)16(11)18-10-15(19)13-6-8-14(17)9-7-13/h3-9,18H,10H2,1-2H3. The molecule has 98 valence electrons. The molecule has 0 saturated carbocycles. The Morgan fingerprint density at radius 2 is 1.63 bits per heavy atom. The van der Waals surface area contributed by atoms with Gasteiger partial charge in [0.2, 0.25) is 0 Å². The average molecular weight is 274 g/mol. The Morgan fingerprint density at radius 3 is 2.21 bits per heavy atom. The number of halogens is 1. The van der Waals surface area contributed by atoms with Crippen LogP contribution in [-0.4, -0.2) is 12.3 Å². The first-order valence-corrected chi connectivity index (χ1v) is 6.54. The minimum atomic E-state index is 0.0549. The highest BCUT2D eigenvalue weighted by atomic mass is 35.5. The van der Waals surface area contributed by atoms with Crippen molar-refractivity contribution in [1.29, 1.82) is 0 Å². The summed E-state index contributed by atoms with van der Waals surface area (Å²) in [5.41, 5.74) is 3.99. The topological polar surface area (TPSA) is 29.1 Å². The number of nitrogens with one attached hydrogen (secondary N) is 1. The van der Waals surface area contributed by atoms with Crippen LogP contribution in [0.4, 0.5) is 5.69 Å². The maximum Gasteiger partial charge on any atom is 0.181 e. The van der Waals surface area contributed by atoms with E-state index in [1.165, 1.54) is 0 Å². The van der Waals surface area contributed by atoms with Crippen molar-refractivity contribution in [3.63, 3.8) is 0 Å².